The van der Waals surface area contributed by atoms with E-state index in [1.54, 1.807) is 20.8 Å². The van der Waals surface area contributed by atoms with Crippen LogP contribution in [0.4, 0.5) is 4.79 Å². The molecular formula is C29H48N4O6. The molecule has 5 N–H and O–H groups in total. The molecule has 0 aliphatic carbocycles. The largest absolute Gasteiger partial charge is 0.458 e. The van der Waals surface area contributed by atoms with Crippen molar-refractivity contribution < 1.29 is 28.7 Å². The molecule has 1 rings (SSSR count). The van der Waals surface area contributed by atoms with Crippen LogP contribution in [0.15, 0.2) is 30.3 Å². The van der Waals surface area contributed by atoms with Gasteiger partial charge in [-0.3, -0.25) is 9.59 Å². The Morgan fingerprint density at radius 1 is 0.821 bits per heavy atom. The summed E-state index contributed by atoms with van der Waals surface area (Å²) in [7, 11) is 0. The van der Waals surface area contributed by atoms with Gasteiger partial charge in [0.1, 0.15) is 30.3 Å². The molecule has 0 aromatic heterocycles. The third-order valence-electron chi connectivity index (χ3n) is 5.57. The van der Waals surface area contributed by atoms with Crippen LogP contribution < -0.4 is 21.7 Å². The Morgan fingerprint density at radius 2 is 1.33 bits per heavy atom. The number of nitrogens with one attached hydrogen (secondary N) is 3. The number of ether oxygens (including phenoxy) is 2. The molecule has 10 nitrogen and oxygen atoms in total. The maximum absolute atomic E-state index is 13.3. The van der Waals surface area contributed by atoms with Gasteiger partial charge in [0.15, 0.2) is 0 Å². The predicted octanol–water partition coefficient (Wildman–Crippen LogP) is 3.42. The molecule has 3 amide bonds. The first-order chi connectivity index (χ1) is 18.2. The van der Waals surface area contributed by atoms with Gasteiger partial charge in [0.2, 0.25) is 11.8 Å². The molecule has 1 aromatic carbocycles. The molecule has 1 unspecified atom stereocenters. The van der Waals surface area contributed by atoms with Crippen LogP contribution in [0.3, 0.4) is 0 Å². The summed E-state index contributed by atoms with van der Waals surface area (Å²) in [5, 5.41) is 8.17. The fourth-order valence-electron chi connectivity index (χ4n) is 3.80. The molecule has 0 fully saturated rings. The molecule has 0 aliphatic heterocycles. The van der Waals surface area contributed by atoms with E-state index in [1.807, 2.05) is 58.0 Å². The Kier molecular flexibility index (Phi) is 14.5. The van der Waals surface area contributed by atoms with E-state index in [4.69, 9.17) is 15.2 Å². The lowest BCUT2D eigenvalue weighted by molar-refractivity contribution is -0.159. The normalized spacial score (nSPS) is 13.8. The van der Waals surface area contributed by atoms with E-state index in [2.05, 4.69) is 16.0 Å². The number of benzene rings is 1. The first-order valence-electron chi connectivity index (χ1n) is 13.7. The molecule has 39 heavy (non-hydrogen) atoms. The summed E-state index contributed by atoms with van der Waals surface area (Å²) in [5.74, 6) is -1.41. The van der Waals surface area contributed by atoms with Crippen molar-refractivity contribution in [3.8, 4) is 0 Å². The quantitative estimate of drug-likeness (QED) is 0.245. The minimum absolute atomic E-state index is 0.0654. The molecule has 1 aromatic rings. The monoisotopic (exact) mass is 548 g/mol. The van der Waals surface area contributed by atoms with E-state index in [-0.39, 0.29) is 18.4 Å². The Bertz CT molecular complexity index is 914. The maximum atomic E-state index is 13.3. The van der Waals surface area contributed by atoms with Crippen molar-refractivity contribution in [2.45, 2.75) is 104 Å². The molecule has 0 radical (unpaired) electrons. The Balaban J connectivity index is 2.96. The van der Waals surface area contributed by atoms with Crippen molar-refractivity contribution in [3.63, 3.8) is 0 Å². The van der Waals surface area contributed by atoms with Crippen LogP contribution in [-0.4, -0.2) is 54.1 Å². The van der Waals surface area contributed by atoms with Gasteiger partial charge in [-0.15, -0.1) is 0 Å². The van der Waals surface area contributed by atoms with Crippen LogP contribution in [0.5, 0.6) is 0 Å². The Labute approximate surface area is 233 Å². The van der Waals surface area contributed by atoms with Crippen molar-refractivity contribution >= 4 is 23.9 Å². The second kappa shape index (κ2) is 16.7. The summed E-state index contributed by atoms with van der Waals surface area (Å²) in [4.78, 5) is 51.8. The topological polar surface area (TPSA) is 149 Å². The van der Waals surface area contributed by atoms with Crippen LogP contribution in [0.1, 0.15) is 79.7 Å². The third kappa shape index (κ3) is 14.6. The van der Waals surface area contributed by atoms with E-state index >= 15 is 0 Å². The van der Waals surface area contributed by atoms with E-state index < -0.39 is 47.6 Å². The highest BCUT2D eigenvalue weighted by Gasteiger charge is 2.32. The molecule has 0 saturated carbocycles. The zero-order valence-electron chi connectivity index (χ0n) is 24.5. The van der Waals surface area contributed by atoms with E-state index in [9.17, 15) is 19.2 Å². The summed E-state index contributed by atoms with van der Waals surface area (Å²) >= 11 is 0. The molecule has 3 atom stereocenters. The van der Waals surface area contributed by atoms with Crippen molar-refractivity contribution in [1.82, 2.24) is 16.0 Å². The van der Waals surface area contributed by atoms with Gasteiger partial charge >= 0.3 is 12.1 Å². The molecule has 0 heterocycles. The number of carbonyl (C=O) groups excluding carboxylic acids is 4. The van der Waals surface area contributed by atoms with Gasteiger partial charge in [-0.05, 0) is 70.4 Å². The summed E-state index contributed by atoms with van der Waals surface area (Å²) in [6.07, 6.45) is 0.777. The molecule has 10 heteroatoms. The number of carbonyl (C=O) groups is 4. The lowest BCUT2D eigenvalue weighted by Gasteiger charge is -2.28. The van der Waals surface area contributed by atoms with Crippen LogP contribution in [0.25, 0.3) is 0 Å². The lowest BCUT2D eigenvalue weighted by atomic mass is 9.99. The van der Waals surface area contributed by atoms with Gasteiger partial charge in [0.25, 0.3) is 0 Å². The summed E-state index contributed by atoms with van der Waals surface area (Å²) in [6.45, 7) is 13.4. The number of nitrogens with two attached hydrogens (primary N) is 1. The average molecular weight is 549 g/mol. The van der Waals surface area contributed by atoms with Crippen molar-refractivity contribution in [2.75, 3.05) is 6.54 Å². The SMILES string of the molecule is CC(C)C[C@H](NC(=O)[C@@H](CC(C)C)NC(=O)OCc1ccccc1)C(=O)NC(CCCN)C(=O)OC(C)(C)C. The second-order valence-electron chi connectivity index (χ2n) is 11.6. The molecular weight excluding hydrogens is 500 g/mol. The van der Waals surface area contributed by atoms with E-state index in [1.165, 1.54) is 0 Å². The van der Waals surface area contributed by atoms with Gasteiger partial charge in [-0.1, -0.05) is 58.0 Å². The van der Waals surface area contributed by atoms with Crippen LogP contribution in [0, 0.1) is 11.8 Å². The smallest absolute Gasteiger partial charge is 0.408 e. The summed E-state index contributed by atoms with van der Waals surface area (Å²) in [5.41, 5.74) is 5.72. The number of hydrogen-bond acceptors (Lipinski definition) is 7. The third-order valence-corrected chi connectivity index (χ3v) is 5.57. The van der Waals surface area contributed by atoms with Crippen LogP contribution in [0.2, 0.25) is 0 Å². The number of amides is 3. The van der Waals surface area contributed by atoms with Crippen LogP contribution >= 0.6 is 0 Å². The fourth-order valence-corrected chi connectivity index (χ4v) is 3.80. The standard InChI is InChI=1S/C29H48N4O6/c1-19(2)16-23(25(34)31-22(14-11-15-30)27(36)39-29(5,6)7)32-26(35)24(17-20(3)4)33-28(37)38-18-21-12-9-8-10-13-21/h8-10,12-13,19-20,22-24H,11,14-18,30H2,1-7H3,(H,31,34)(H,32,35)(H,33,37)/t22?,23-,24+/m0/s1. The van der Waals surface area contributed by atoms with Gasteiger partial charge in [0.05, 0.1) is 0 Å². The molecule has 0 saturated heterocycles. The van der Waals surface area contributed by atoms with Crippen LogP contribution in [-0.2, 0) is 30.5 Å². The average Bonchev–Trinajstić information content (AvgIpc) is 2.83. The van der Waals surface area contributed by atoms with Crippen molar-refractivity contribution in [2.24, 2.45) is 17.6 Å². The zero-order chi connectivity index (χ0) is 29.6. The van der Waals surface area contributed by atoms with Crippen molar-refractivity contribution in [1.29, 1.82) is 0 Å². The first-order valence-corrected chi connectivity index (χ1v) is 13.7. The zero-order valence-corrected chi connectivity index (χ0v) is 24.5. The second-order valence-corrected chi connectivity index (χ2v) is 11.6. The minimum atomic E-state index is -0.919. The predicted molar refractivity (Wildman–Crippen MR) is 150 cm³/mol. The lowest BCUT2D eigenvalue weighted by Crippen LogP contribution is -2.56. The minimum Gasteiger partial charge on any atom is -0.458 e. The maximum Gasteiger partial charge on any atom is 0.408 e. The summed E-state index contributed by atoms with van der Waals surface area (Å²) < 4.78 is 10.8. The van der Waals surface area contributed by atoms with Crippen molar-refractivity contribution in [3.05, 3.63) is 35.9 Å². The van der Waals surface area contributed by atoms with Gasteiger partial charge < -0.3 is 31.2 Å². The van der Waals surface area contributed by atoms with E-state index in [0.29, 0.717) is 32.2 Å². The first kappa shape index (κ1) is 33.9. The highest BCUT2D eigenvalue weighted by atomic mass is 16.6. The van der Waals surface area contributed by atoms with Gasteiger partial charge in [-0.2, -0.15) is 0 Å². The number of alkyl carbamates (subject to hydrolysis) is 1. The number of hydrogen-bond donors (Lipinski definition) is 4. The van der Waals surface area contributed by atoms with E-state index in [0.717, 1.165) is 5.56 Å². The molecule has 0 spiro atoms. The Hall–Kier alpha value is -3.14. The molecule has 0 aliphatic rings. The molecule has 220 valence electrons. The number of rotatable bonds is 15. The highest BCUT2D eigenvalue weighted by molar-refractivity contribution is 5.93. The van der Waals surface area contributed by atoms with Gasteiger partial charge in [-0.25, -0.2) is 9.59 Å². The summed E-state index contributed by atoms with van der Waals surface area (Å²) in [6, 6.07) is 6.49. The molecule has 0 bridgehead atoms. The Morgan fingerprint density at radius 3 is 1.82 bits per heavy atom. The fraction of sp³-hybridized carbons (Fsp3) is 0.655. The highest BCUT2D eigenvalue weighted by Crippen LogP contribution is 2.13. The number of esters is 1. The van der Waals surface area contributed by atoms with Gasteiger partial charge in [0, 0.05) is 0 Å².